The van der Waals surface area contributed by atoms with Gasteiger partial charge in [-0.15, -0.1) is 24.0 Å². The van der Waals surface area contributed by atoms with E-state index in [0.29, 0.717) is 30.5 Å². The number of guanidine groups is 1. The fourth-order valence-corrected chi connectivity index (χ4v) is 2.60. The third kappa shape index (κ3) is 8.03. The Kier molecular flexibility index (Phi) is 10.5. The Labute approximate surface area is 177 Å². The van der Waals surface area contributed by atoms with Crippen molar-refractivity contribution in [2.75, 3.05) is 27.3 Å². The zero-order chi connectivity index (χ0) is 18.8. The molecule has 0 saturated carbocycles. The third-order valence-electron chi connectivity index (χ3n) is 3.96. The van der Waals surface area contributed by atoms with Crippen molar-refractivity contribution in [2.45, 2.75) is 19.3 Å². The highest BCUT2D eigenvalue weighted by molar-refractivity contribution is 14.0. The maximum absolute atomic E-state index is 13.1. The van der Waals surface area contributed by atoms with Gasteiger partial charge in [-0.05, 0) is 54.7 Å². The summed E-state index contributed by atoms with van der Waals surface area (Å²) in [4.78, 5) is 4.30. The van der Waals surface area contributed by atoms with E-state index in [9.17, 15) is 4.39 Å². The number of hydrogen-bond acceptors (Lipinski definition) is 3. The zero-order valence-electron chi connectivity index (χ0n) is 15.7. The smallest absolute Gasteiger partial charge is 0.188 e. The van der Waals surface area contributed by atoms with Crippen LogP contribution in [0.3, 0.4) is 0 Å². The second-order valence-electron chi connectivity index (χ2n) is 5.87. The fraction of sp³-hybridized carbons (Fsp3) is 0.350. The van der Waals surface area contributed by atoms with Gasteiger partial charge in [-0.1, -0.05) is 18.2 Å². The maximum Gasteiger partial charge on any atom is 0.188 e. The van der Waals surface area contributed by atoms with E-state index in [-0.39, 0.29) is 29.8 Å². The van der Waals surface area contributed by atoms with Crippen LogP contribution < -0.4 is 20.5 Å². The Balaban J connectivity index is 0.00000364. The summed E-state index contributed by atoms with van der Waals surface area (Å²) in [7, 11) is 3.24. The zero-order valence-corrected chi connectivity index (χ0v) is 18.0. The van der Waals surface area contributed by atoms with Crippen LogP contribution in [0, 0.1) is 5.82 Å². The molecule has 2 aromatic carbocycles. The van der Waals surface area contributed by atoms with Crippen molar-refractivity contribution in [2.24, 2.45) is 10.7 Å². The molecule has 0 radical (unpaired) electrons. The molecule has 3 N–H and O–H groups in total. The van der Waals surface area contributed by atoms with E-state index in [1.54, 1.807) is 26.4 Å². The predicted octanol–water partition coefficient (Wildman–Crippen LogP) is 3.54. The first-order valence-electron chi connectivity index (χ1n) is 8.61. The largest absolute Gasteiger partial charge is 0.493 e. The second-order valence-corrected chi connectivity index (χ2v) is 5.87. The average molecular weight is 487 g/mol. The van der Waals surface area contributed by atoms with Gasteiger partial charge in [0.25, 0.3) is 0 Å². The molecule has 27 heavy (non-hydrogen) atoms. The van der Waals surface area contributed by atoms with E-state index in [1.165, 1.54) is 6.07 Å². The van der Waals surface area contributed by atoms with E-state index in [4.69, 9.17) is 15.2 Å². The van der Waals surface area contributed by atoms with Crippen molar-refractivity contribution in [3.8, 4) is 11.5 Å². The van der Waals surface area contributed by atoms with Gasteiger partial charge in [0.05, 0.1) is 14.2 Å². The molecular weight excluding hydrogens is 460 g/mol. The fourth-order valence-electron chi connectivity index (χ4n) is 2.60. The van der Waals surface area contributed by atoms with Gasteiger partial charge in [-0.3, -0.25) is 4.99 Å². The summed E-state index contributed by atoms with van der Waals surface area (Å²) < 4.78 is 23.6. The summed E-state index contributed by atoms with van der Waals surface area (Å²) >= 11 is 0. The molecule has 148 valence electrons. The number of methoxy groups -OCH3 is 2. The standard InChI is InChI=1S/C20H26FN3O2.HI/c1-25-18-9-8-16(14-19(18)26-2)10-12-24-20(22)23-11-4-6-15-5-3-7-17(21)13-15;/h3,5,7-9,13-14H,4,6,10-12H2,1-2H3,(H3,22,23,24);1H. The molecule has 0 aliphatic heterocycles. The third-order valence-corrected chi connectivity index (χ3v) is 3.96. The lowest BCUT2D eigenvalue weighted by molar-refractivity contribution is 0.354. The molecule has 5 nitrogen and oxygen atoms in total. The van der Waals surface area contributed by atoms with Crippen molar-refractivity contribution >= 4 is 29.9 Å². The number of hydrogen-bond donors (Lipinski definition) is 2. The van der Waals surface area contributed by atoms with Crippen LogP contribution in [0.25, 0.3) is 0 Å². The van der Waals surface area contributed by atoms with Crippen molar-refractivity contribution in [1.29, 1.82) is 0 Å². The summed E-state index contributed by atoms with van der Waals surface area (Å²) in [5.74, 6) is 1.64. The highest BCUT2D eigenvalue weighted by Crippen LogP contribution is 2.27. The number of aliphatic imine (C=N–C) groups is 1. The van der Waals surface area contributed by atoms with Gasteiger partial charge in [-0.25, -0.2) is 4.39 Å². The number of benzene rings is 2. The van der Waals surface area contributed by atoms with Crippen LogP contribution in [-0.4, -0.2) is 33.3 Å². The van der Waals surface area contributed by atoms with Crippen LogP contribution in [0.1, 0.15) is 17.5 Å². The van der Waals surface area contributed by atoms with Crippen molar-refractivity contribution in [3.63, 3.8) is 0 Å². The molecule has 0 aliphatic rings. The van der Waals surface area contributed by atoms with Crippen LogP contribution in [-0.2, 0) is 12.8 Å². The van der Waals surface area contributed by atoms with Gasteiger partial charge < -0.3 is 20.5 Å². The molecule has 7 heteroatoms. The molecule has 2 aromatic rings. The molecular formula is C20H27FIN3O2. The van der Waals surface area contributed by atoms with Crippen molar-refractivity contribution in [1.82, 2.24) is 5.32 Å². The van der Waals surface area contributed by atoms with E-state index < -0.39 is 0 Å². The number of halogens is 2. The van der Waals surface area contributed by atoms with E-state index in [1.807, 2.05) is 24.3 Å². The minimum atomic E-state index is -0.206. The number of rotatable bonds is 9. The number of nitrogens with zero attached hydrogens (tertiary/aromatic N) is 1. The van der Waals surface area contributed by atoms with Crippen LogP contribution in [0.15, 0.2) is 47.5 Å². The summed E-state index contributed by atoms with van der Waals surface area (Å²) in [6.07, 6.45) is 2.39. The van der Waals surface area contributed by atoms with Gasteiger partial charge in [0.2, 0.25) is 0 Å². The topological polar surface area (TPSA) is 68.9 Å². The monoisotopic (exact) mass is 487 g/mol. The van der Waals surface area contributed by atoms with Crippen LogP contribution in [0.4, 0.5) is 4.39 Å². The lowest BCUT2D eigenvalue weighted by Gasteiger charge is -2.10. The lowest BCUT2D eigenvalue weighted by atomic mass is 10.1. The van der Waals surface area contributed by atoms with Crippen LogP contribution in [0.5, 0.6) is 11.5 Å². The summed E-state index contributed by atoms with van der Waals surface area (Å²) in [6, 6.07) is 12.5. The van der Waals surface area contributed by atoms with E-state index >= 15 is 0 Å². The van der Waals surface area contributed by atoms with Crippen LogP contribution in [0.2, 0.25) is 0 Å². The Hall–Kier alpha value is -2.03. The molecule has 0 amide bonds. The molecule has 0 heterocycles. The van der Waals surface area contributed by atoms with Crippen molar-refractivity contribution < 1.29 is 13.9 Å². The molecule has 0 aliphatic carbocycles. The Morgan fingerprint density at radius 3 is 2.48 bits per heavy atom. The van der Waals surface area contributed by atoms with Crippen molar-refractivity contribution in [3.05, 3.63) is 59.4 Å². The molecule has 0 saturated heterocycles. The SMILES string of the molecule is COc1ccc(CCNC(N)=NCCCc2cccc(F)c2)cc1OC.I. The highest BCUT2D eigenvalue weighted by Gasteiger charge is 2.04. The molecule has 0 unspecified atom stereocenters. The first-order chi connectivity index (χ1) is 12.6. The van der Waals surface area contributed by atoms with Gasteiger partial charge in [0, 0.05) is 13.1 Å². The summed E-state index contributed by atoms with van der Waals surface area (Å²) in [5, 5.41) is 3.10. The van der Waals surface area contributed by atoms with Gasteiger partial charge in [0.15, 0.2) is 17.5 Å². The summed E-state index contributed by atoms with van der Waals surface area (Å²) in [6.45, 7) is 1.28. The maximum atomic E-state index is 13.1. The molecule has 0 atom stereocenters. The number of nitrogens with two attached hydrogens (primary N) is 1. The first-order valence-corrected chi connectivity index (χ1v) is 8.61. The van der Waals surface area contributed by atoms with Gasteiger partial charge in [-0.2, -0.15) is 0 Å². The van der Waals surface area contributed by atoms with E-state index in [0.717, 1.165) is 30.4 Å². The molecule has 2 rings (SSSR count). The highest BCUT2D eigenvalue weighted by atomic mass is 127. The van der Waals surface area contributed by atoms with Gasteiger partial charge in [0.1, 0.15) is 5.82 Å². The quantitative estimate of drug-likeness (QED) is 0.246. The number of nitrogens with one attached hydrogen (secondary N) is 1. The Morgan fingerprint density at radius 2 is 1.78 bits per heavy atom. The second kappa shape index (κ2) is 12.4. The minimum absolute atomic E-state index is 0. The molecule has 0 aromatic heterocycles. The summed E-state index contributed by atoms with van der Waals surface area (Å²) in [5.41, 5.74) is 7.97. The number of aryl methyl sites for hydroxylation is 1. The molecule has 0 fully saturated rings. The average Bonchev–Trinajstić information content (AvgIpc) is 2.65. The first kappa shape index (κ1) is 23.0. The van der Waals surface area contributed by atoms with Crippen LogP contribution >= 0.6 is 24.0 Å². The van der Waals surface area contributed by atoms with E-state index in [2.05, 4.69) is 10.3 Å². The number of ether oxygens (including phenoxy) is 2. The lowest BCUT2D eigenvalue weighted by Crippen LogP contribution is -2.33. The molecule has 0 spiro atoms. The normalized spacial score (nSPS) is 10.9. The Morgan fingerprint density at radius 1 is 1.04 bits per heavy atom. The van der Waals surface area contributed by atoms with Gasteiger partial charge >= 0.3 is 0 Å². The predicted molar refractivity (Wildman–Crippen MR) is 118 cm³/mol. The molecule has 0 bridgehead atoms. The minimum Gasteiger partial charge on any atom is -0.493 e. The Bertz CT molecular complexity index is 741.